The summed E-state index contributed by atoms with van der Waals surface area (Å²) in [5.74, 6) is -0.158. The Labute approximate surface area is 135 Å². The minimum absolute atomic E-state index is 0.0611. The molecule has 3 N–H and O–H groups in total. The maximum atomic E-state index is 12.5. The molecular weight excluding hydrogens is 302 g/mol. The van der Waals surface area contributed by atoms with Crippen molar-refractivity contribution >= 4 is 5.91 Å². The van der Waals surface area contributed by atoms with Crippen LogP contribution in [0.4, 0.5) is 0 Å². The van der Waals surface area contributed by atoms with Gasteiger partial charge in [-0.3, -0.25) is 4.79 Å². The van der Waals surface area contributed by atoms with Gasteiger partial charge in [0.15, 0.2) is 0 Å². The minimum atomic E-state index is -0.743. The number of carbonyl (C=O) groups is 1. The van der Waals surface area contributed by atoms with Gasteiger partial charge in [-0.25, -0.2) is 0 Å². The number of aliphatic hydroxyl groups is 2. The minimum Gasteiger partial charge on any atom is -0.508 e. The van der Waals surface area contributed by atoms with Crippen molar-refractivity contribution in [2.45, 2.75) is 12.5 Å². The van der Waals surface area contributed by atoms with Gasteiger partial charge < -0.3 is 29.7 Å². The molecule has 2 rings (SSSR count). The molecule has 0 aliphatic carbocycles. The number of phenolic OH excluding ortho intramolecular Hbond substituents is 1. The fourth-order valence-corrected chi connectivity index (χ4v) is 2.59. The van der Waals surface area contributed by atoms with Gasteiger partial charge in [0.2, 0.25) is 0 Å². The summed E-state index contributed by atoms with van der Waals surface area (Å²) in [6, 6.07) is 4.36. The highest BCUT2D eigenvalue weighted by Gasteiger charge is 2.30. The first-order valence-electron chi connectivity index (χ1n) is 7.59. The van der Waals surface area contributed by atoms with E-state index in [4.69, 9.17) is 14.6 Å². The first kappa shape index (κ1) is 17.5. The lowest BCUT2D eigenvalue weighted by molar-refractivity contribution is 0.000857. The fraction of sp³-hybridized carbons (Fsp3) is 0.562. The zero-order chi connectivity index (χ0) is 16.8. The number of aliphatic hydroxyl groups excluding tert-OH is 2. The van der Waals surface area contributed by atoms with Crippen molar-refractivity contribution in [1.29, 1.82) is 0 Å². The molecule has 0 saturated carbocycles. The number of rotatable bonds is 6. The summed E-state index contributed by atoms with van der Waals surface area (Å²) in [5, 5.41) is 28.9. The quantitative estimate of drug-likeness (QED) is 0.648. The summed E-state index contributed by atoms with van der Waals surface area (Å²) in [6.45, 7) is 1.25. The highest BCUT2D eigenvalue weighted by molar-refractivity contribution is 5.95. The van der Waals surface area contributed by atoms with Gasteiger partial charge in [0, 0.05) is 44.4 Å². The summed E-state index contributed by atoms with van der Waals surface area (Å²) in [7, 11) is 1.56. The Morgan fingerprint density at radius 3 is 2.78 bits per heavy atom. The predicted molar refractivity (Wildman–Crippen MR) is 82.6 cm³/mol. The average molecular weight is 325 g/mol. The number of ether oxygens (including phenoxy) is 2. The lowest BCUT2D eigenvalue weighted by atomic mass is 9.94. The van der Waals surface area contributed by atoms with Crippen LogP contribution in [0.2, 0.25) is 0 Å². The number of likely N-dealkylation sites (tertiary alicyclic amines) is 1. The summed E-state index contributed by atoms with van der Waals surface area (Å²) < 4.78 is 10.3. The van der Waals surface area contributed by atoms with Gasteiger partial charge in [0.25, 0.3) is 5.91 Å². The number of phenols is 1. The number of hydrogen-bond donors (Lipinski definition) is 3. The zero-order valence-electron chi connectivity index (χ0n) is 13.1. The van der Waals surface area contributed by atoms with Crippen LogP contribution in [0.5, 0.6) is 11.5 Å². The molecule has 23 heavy (non-hydrogen) atoms. The van der Waals surface area contributed by atoms with Gasteiger partial charge in [0.1, 0.15) is 18.1 Å². The maximum Gasteiger partial charge on any atom is 0.254 e. The van der Waals surface area contributed by atoms with Crippen molar-refractivity contribution in [2.75, 3.05) is 40.0 Å². The number of nitrogens with zero attached hydrogens (tertiary/aromatic N) is 1. The Kier molecular flexibility index (Phi) is 6.20. The molecule has 7 nitrogen and oxygen atoms in total. The summed E-state index contributed by atoms with van der Waals surface area (Å²) in [6.07, 6.45) is -0.202. The molecule has 1 amide bonds. The Morgan fingerprint density at radius 2 is 2.13 bits per heavy atom. The number of aromatic hydroxyl groups is 1. The second-order valence-corrected chi connectivity index (χ2v) is 5.61. The third kappa shape index (κ3) is 4.57. The molecule has 1 aromatic rings. The smallest absolute Gasteiger partial charge is 0.254 e. The van der Waals surface area contributed by atoms with E-state index in [9.17, 15) is 15.0 Å². The number of carbonyl (C=O) groups excluding carboxylic acids is 1. The van der Waals surface area contributed by atoms with E-state index >= 15 is 0 Å². The van der Waals surface area contributed by atoms with E-state index in [0.29, 0.717) is 37.5 Å². The zero-order valence-corrected chi connectivity index (χ0v) is 13.1. The van der Waals surface area contributed by atoms with E-state index in [1.807, 2.05) is 0 Å². The summed E-state index contributed by atoms with van der Waals surface area (Å²) in [5.41, 5.74) is 0.298. The standard InChI is InChI=1S/C16H23NO6/c1-22-4-5-23-14-7-12(6-13(19)8-14)16(21)17-3-2-11(10-18)15(20)9-17/h6-8,11,15,18-20H,2-5,9-10H2,1H3/t11-,15+/m1/s1. The molecular formula is C16H23NO6. The first-order chi connectivity index (χ1) is 11.0. The number of hydrogen-bond acceptors (Lipinski definition) is 6. The van der Waals surface area contributed by atoms with Gasteiger partial charge in [-0.15, -0.1) is 0 Å². The molecule has 1 aromatic carbocycles. The van der Waals surface area contributed by atoms with Crippen molar-refractivity contribution in [1.82, 2.24) is 4.90 Å². The van der Waals surface area contributed by atoms with Crippen LogP contribution in [0.25, 0.3) is 0 Å². The molecule has 0 radical (unpaired) electrons. The largest absolute Gasteiger partial charge is 0.508 e. The second-order valence-electron chi connectivity index (χ2n) is 5.61. The molecule has 1 aliphatic heterocycles. The Balaban J connectivity index is 2.07. The van der Waals surface area contributed by atoms with E-state index in [1.54, 1.807) is 13.2 Å². The van der Waals surface area contributed by atoms with Gasteiger partial charge in [0.05, 0.1) is 12.7 Å². The number of piperidine rings is 1. The third-order valence-corrected chi connectivity index (χ3v) is 3.94. The highest BCUT2D eigenvalue weighted by Crippen LogP contribution is 2.25. The SMILES string of the molecule is COCCOc1cc(O)cc(C(=O)N2CC[C@H](CO)[C@@H](O)C2)c1. The second kappa shape index (κ2) is 8.14. The average Bonchev–Trinajstić information content (AvgIpc) is 2.54. The van der Waals surface area contributed by atoms with Crippen LogP contribution in [0.1, 0.15) is 16.8 Å². The van der Waals surface area contributed by atoms with E-state index < -0.39 is 6.10 Å². The number of methoxy groups -OCH3 is 1. The van der Waals surface area contributed by atoms with E-state index in [0.717, 1.165) is 0 Å². The normalized spacial score (nSPS) is 21.3. The Morgan fingerprint density at radius 1 is 1.35 bits per heavy atom. The molecule has 0 bridgehead atoms. The van der Waals surface area contributed by atoms with Gasteiger partial charge >= 0.3 is 0 Å². The number of benzene rings is 1. The van der Waals surface area contributed by atoms with Crippen molar-refractivity contribution in [3.8, 4) is 11.5 Å². The maximum absolute atomic E-state index is 12.5. The molecule has 128 valence electrons. The molecule has 0 unspecified atom stereocenters. The summed E-state index contributed by atoms with van der Waals surface area (Å²) >= 11 is 0. The van der Waals surface area contributed by atoms with Crippen molar-refractivity contribution in [3.63, 3.8) is 0 Å². The lowest BCUT2D eigenvalue weighted by Gasteiger charge is -2.35. The number of amides is 1. The van der Waals surface area contributed by atoms with E-state index in [1.165, 1.54) is 17.0 Å². The van der Waals surface area contributed by atoms with Gasteiger partial charge in [-0.05, 0) is 18.6 Å². The molecule has 1 aliphatic rings. The van der Waals surface area contributed by atoms with Crippen LogP contribution in [0.3, 0.4) is 0 Å². The topological polar surface area (TPSA) is 99.5 Å². The molecule has 0 spiro atoms. The van der Waals surface area contributed by atoms with Gasteiger partial charge in [-0.2, -0.15) is 0 Å². The van der Waals surface area contributed by atoms with Gasteiger partial charge in [-0.1, -0.05) is 0 Å². The van der Waals surface area contributed by atoms with E-state index in [-0.39, 0.29) is 30.7 Å². The molecule has 1 saturated heterocycles. The molecule has 0 aromatic heterocycles. The van der Waals surface area contributed by atoms with E-state index in [2.05, 4.69) is 0 Å². The van der Waals surface area contributed by atoms with Crippen LogP contribution in [0, 0.1) is 5.92 Å². The van der Waals surface area contributed by atoms with Crippen LogP contribution < -0.4 is 4.74 Å². The van der Waals surface area contributed by atoms with Crippen LogP contribution in [0.15, 0.2) is 18.2 Å². The predicted octanol–water partition coefficient (Wildman–Crippen LogP) is 0.233. The monoisotopic (exact) mass is 325 g/mol. The van der Waals surface area contributed by atoms with Crippen molar-refractivity contribution in [2.24, 2.45) is 5.92 Å². The fourth-order valence-electron chi connectivity index (χ4n) is 2.59. The van der Waals surface area contributed by atoms with Crippen LogP contribution >= 0.6 is 0 Å². The molecule has 2 atom stereocenters. The van der Waals surface area contributed by atoms with Crippen molar-refractivity contribution < 1.29 is 29.6 Å². The van der Waals surface area contributed by atoms with Crippen LogP contribution in [-0.2, 0) is 4.74 Å². The molecule has 7 heteroatoms. The molecule has 1 fully saturated rings. The van der Waals surface area contributed by atoms with Crippen molar-refractivity contribution in [3.05, 3.63) is 23.8 Å². The first-order valence-corrected chi connectivity index (χ1v) is 7.59. The van der Waals surface area contributed by atoms with Crippen LogP contribution in [-0.4, -0.2) is 72.3 Å². The Hall–Kier alpha value is -1.83. The lowest BCUT2D eigenvalue weighted by Crippen LogP contribution is -2.47. The summed E-state index contributed by atoms with van der Waals surface area (Å²) in [4.78, 5) is 14.1. The number of β-amino-alcohol motifs (C(OH)–C–C–N with tert-alkyl or cyclic N) is 1. The third-order valence-electron chi connectivity index (χ3n) is 3.94. The highest BCUT2D eigenvalue weighted by atomic mass is 16.5. The molecule has 1 heterocycles. The Bertz CT molecular complexity index is 535.